The monoisotopic (exact) mass is 362 g/mol. The van der Waals surface area contributed by atoms with Crippen molar-refractivity contribution in [2.24, 2.45) is 0 Å². The Bertz CT molecular complexity index is 734. The van der Waals surface area contributed by atoms with Crippen molar-refractivity contribution < 1.29 is 14.3 Å². The SMILES string of the molecule is CCOc1ccccc1CN(C)C(=O)c1cnc(OC(C)C)c(Cl)c1. The van der Waals surface area contributed by atoms with Crippen molar-refractivity contribution in [3.05, 3.63) is 52.7 Å². The number of ether oxygens (including phenoxy) is 2. The van der Waals surface area contributed by atoms with E-state index in [1.807, 2.05) is 45.0 Å². The molecule has 25 heavy (non-hydrogen) atoms. The summed E-state index contributed by atoms with van der Waals surface area (Å²) >= 11 is 6.17. The number of carbonyl (C=O) groups excluding carboxylic acids is 1. The lowest BCUT2D eigenvalue weighted by Crippen LogP contribution is -2.26. The van der Waals surface area contributed by atoms with Crippen LogP contribution in [-0.4, -0.2) is 35.5 Å². The molecule has 0 saturated carbocycles. The lowest BCUT2D eigenvalue weighted by atomic mass is 10.1. The number of benzene rings is 1. The Morgan fingerprint density at radius 2 is 2.04 bits per heavy atom. The molecule has 0 aliphatic heterocycles. The molecule has 5 nitrogen and oxygen atoms in total. The number of hydrogen-bond acceptors (Lipinski definition) is 4. The summed E-state index contributed by atoms with van der Waals surface area (Å²) in [7, 11) is 1.73. The Morgan fingerprint density at radius 3 is 2.68 bits per heavy atom. The third-order valence-electron chi connectivity index (χ3n) is 3.43. The Hall–Kier alpha value is -2.27. The predicted molar refractivity (Wildman–Crippen MR) is 98.4 cm³/mol. The number of carbonyl (C=O) groups is 1. The van der Waals surface area contributed by atoms with E-state index in [0.717, 1.165) is 11.3 Å². The molecule has 0 aliphatic rings. The van der Waals surface area contributed by atoms with Crippen LogP contribution in [0.4, 0.5) is 0 Å². The highest BCUT2D eigenvalue weighted by Gasteiger charge is 2.17. The quantitative estimate of drug-likeness (QED) is 0.741. The molecule has 0 radical (unpaired) electrons. The number of halogens is 1. The summed E-state index contributed by atoms with van der Waals surface area (Å²) in [6, 6.07) is 9.26. The molecule has 0 saturated heterocycles. The van der Waals surface area contributed by atoms with Crippen molar-refractivity contribution in [3.63, 3.8) is 0 Å². The van der Waals surface area contributed by atoms with Gasteiger partial charge in [-0.3, -0.25) is 4.79 Å². The molecule has 0 atom stereocenters. The van der Waals surface area contributed by atoms with Crippen molar-refractivity contribution in [1.29, 1.82) is 0 Å². The van der Waals surface area contributed by atoms with Gasteiger partial charge >= 0.3 is 0 Å². The van der Waals surface area contributed by atoms with Crippen molar-refractivity contribution in [2.45, 2.75) is 33.4 Å². The van der Waals surface area contributed by atoms with Crippen LogP contribution in [0, 0.1) is 0 Å². The first-order chi connectivity index (χ1) is 11.9. The fraction of sp³-hybridized carbons (Fsp3) is 0.368. The van der Waals surface area contributed by atoms with Crippen molar-refractivity contribution in [1.82, 2.24) is 9.88 Å². The Morgan fingerprint density at radius 1 is 1.32 bits per heavy atom. The van der Waals surface area contributed by atoms with E-state index in [4.69, 9.17) is 21.1 Å². The summed E-state index contributed by atoms with van der Waals surface area (Å²) < 4.78 is 11.1. The van der Waals surface area contributed by atoms with Gasteiger partial charge in [0.05, 0.1) is 18.3 Å². The van der Waals surface area contributed by atoms with Crippen LogP contribution in [0.2, 0.25) is 5.02 Å². The minimum absolute atomic E-state index is 0.0377. The molecule has 0 fully saturated rings. The van der Waals surface area contributed by atoms with Gasteiger partial charge in [0, 0.05) is 25.4 Å². The third kappa shape index (κ3) is 5.10. The summed E-state index contributed by atoms with van der Waals surface area (Å²) in [6.45, 7) is 6.71. The van der Waals surface area contributed by atoms with Gasteiger partial charge in [-0.1, -0.05) is 29.8 Å². The molecule has 1 aromatic heterocycles. The van der Waals surface area contributed by atoms with Gasteiger partial charge in [-0.15, -0.1) is 0 Å². The van der Waals surface area contributed by atoms with Gasteiger partial charge in [0.15, 0.2) is 0 Å². The fourth-order valence-corrected chi connectivity index (χ4v) is 2.54. The highest BCUT2D eigenvalue weighted by Crippen LogP contribution is 2.25. The average molecular weight is 363 g/mol. The summed E-state index contributed by atoms with van der Waals surface area (Å²) in [6.07, 6.45) is 1.45. The summed E-state index contributed by atoms with van der Waals surface area (Å²) in [5.41, 5.74) is 1.36. The molecule has 134 valence electrons. The molecule has 6 heteroatoms. The Balaban J connectivity index is 2.13. The highest BCUT2D eigenvalue weighted by atomic mass is 35.5. The standard InChI is InChI=1S/C19H23ClN2O3/c1-5-24-17-9-7-6-8-14(17)12-22(4)19(23)15-10-16(20)18(21-11-15)25-13(2)3/h6-11,13H,5,12H2,1-4H3. The molecule has 1 aromatic carbocycles. The van der Waals surface area contributed by atoms with Crippen LogP contribution in [0.15, 0.2) is 36.5 Å². The second-order valence-electron chi connectivity index (χ2n) is 5.88. The van der Waals surface area contributed by atoms with Crippen molar-refractivity contribution in [3.8, 4) is 11.6 Å². The molecule has 0 N–H and O–H groups in total. The molecule has 2 rings (SSSR count). The van der Waals surface area contributed by atoms with Gasteiger partial charge in [-0.2, -0.15) is 0 Å². The van der Waals surface area contributed by atoms with Crippen molar-refractivity contribution >= 4 is 17.5 Å². The zero-order valence-corrected chi connectivity index (χ0v) is 15.7. The first-order valence-electron chi connectivity index (χ1n) is 8.20. The number of hydrogen-bond donors (Lipinski definition) is 0. The van der Waals surface area contributed by atoms with Crippen LogP contribution in [0.1, 0.15) is 36.7 Å². The van der Waals surface area contributed by atoms with Gasteiger partial charge in [-0.25, -0.2) is 4.98 Å². The van der Waals surface area contributed by atoms with Crippen LogP contribution in [-0.2, 0) is 6.54 Å². The number of aromatic nitrogens is 1. The van der Waals surface area contributed by atoms with E-state index in [9.17, 15) is 4.79 Å². The molecular formula is C19H23ClN2O3. The van der Waals surface area contributed by atoms with E-state index in [0.29, 0.717) is 29.6 Å². The average Bonchev–Trinajstić information content (AvgIpc) is 2.57. The zero-order valence-electron chi connectivity index (χ0n) is 15.0. The topological polar surface area (TPSA) is 51.7 Å². The molecule has 0 aliphatic carbocycles. The first kappa shape index (κ1) is 19.1. The maximum atomic E-state index is 12.6. The first-order valence-corrected chi connectivity index (χ1v) is 8.58. The lowest BCUT2D eigenvalue weighted by Gasteiger charge is -2.19. The summed E-state index contributed by atoms with van der Waals surface area (Å²) in [4.78, 5) is 18.4. The lowest BCUT2D eigenvalue weighted by molar-refractivity contribution is 0.0783. The van der Waals surface area contributed by atoms with Crippen LogP contribution < -0.4 is 9.47 Å². The maximum Gasteiger partial charge on any atom is 0.255 e. The normalized spacial score (nSPS) is 10.6. The molecule has 1 amide bonds. The second kappa shape index (κ2) is 8.72. The minimum Gasteiger partial charge on any atom is -0.494 e. The van der Waals surface area contributed by atoms with E-state index < -0.39 is 0 Å². The van der Waals surface area contributed by atoms with Gasteiger partial charge in [0.25, 0.3) is 5.91 Å². The molecule has 0 spiro atoms. The number of nitrogens with zero attached hydrogens (tertiary/aromatic N) is 2. The zero-order chi connectivity index (χ0) is 18.4. The number of rotatable bonds is 7. The predicted octanol–water partition coefficient (Wildman–Crippen LogP) is 4.19. The van der Waals surface area contributed by atoms with E-state index in [2.05, 4.69) is 4.98 Å². The number of amides is 1. The van der Waals surface area contributed by atoms with E-state index >= 15 is 0 Å². The van der Waals surface area contributed by atoms with Crippen LogP contribution in [0.5, 0.6) is 11.6 Å². The number of pyridine rings is 1. The highest BCUT2D eigenvalue weighted by molar-refractivity contribution is 6.32. The van der Waals surface area contributed by atoms with Crippen molar-refractivity contribution in [2.75, 3.05) is 13.7 Å². The minimum atomic E-state index is -0.170. The Labute approximate surface area is 153 Å². The Kier molecular flexibility index (Phi) is 6.65. The van der Waals surface area contributed by atoms with Crippen LogP contribution >= 0.6 is 11.6 Å². The van der Waals surface area contributed by atoms with Crippen LogP contribution in [0.3, 0.4) is 0 Å². The maximum absolute atomic E-state index is 12.6. The van der Waals surface area contributed by atoms with Gasteiger partial charge in [0.2, 0.25) is 5.88 Å². The van der Waals surface area contributed by atoms with Gasteiger partial charge in [-0.05, 0) is 32.9 Å². The van der Waals surface area contributed by atoms with Crippen LogP contribution in [0.25, 0.3) is 0 Å². The van der Waals surface area contributed by atoms with Gasteiger partial charge in [0.1, 0.15) is 10.8 Å². The molecule has 0 bridgehead atoms. The third-order valence-corrected chi connectivity index (χ3v) is 3.70. The molecule has 2 aromatic rings. The van der Waals surface area contributed by atoms with E-state index in [1.54, 1.807) is 18.0 Å². The van der Waals surface area contributed by atoms with Gasteiger partial charge < -0.3 is 14.4 Å². The van der Waals surface area contributed by atoms with E-state index in [-0.39, 0.29) is 12.0 Å². The number of para-hydroxylation sites is 1. The molecular weight excluding hydrogens is 340 g/mol. The summed E-state index contributed by atoms with van der Waals surface area (Å²) in [5, 5.41) is 0.322. The largest absolute Gasteiger partial charge is 0.494 e. The molecule has 1 heterocycles. The second-order valence-corrected chi connectivity index (χ2v) is 6.29. The fourth-order valence-electron chi connectivity index (χ4n) is 2.33. The smallest absolute Gasteiger partial charge is 0.255 e. The summed E-state index contributed by atoms with van der Waals surface area (Å²) in [5.74, 6) is 0.941. The molecule has 0 unspecified atom stereocenters. The van der Waals surface area contributed by atoms with E-state index in [1.165, 1.54) is 6.20 Å².